The second kappa shape index (κ2) is 11.5. The van der Waals surface area contributed by atoms with Gasteiger partial charge in [0.05, 0.1) is 13.2 Å². The third kappa shape index (κ3) is 7.00. The Hall–Kier alpha value is -2.15. The maximum Gasteiger partial charge on any atom is 0.330 e. The van der Waals surface area contributed by atoms with E-state index < -0.39 is 18.2 Å². The maximum atomic E-state index is 11.5. The van der Waals surface area contributed by atoms with Crippen LogP contribution in [0.5, 0.6) is 5.75 Å². The Balaban J connectivity index is 2.88. The molecule has 144 valence electrons. The molecule has 0 aliphatic carbocycles. The van der Waals surface area contributed by atoms with Gasteiger partial charge in [-0.25, -0.2) is 4.79 Å². The number of hydrogen-bond donors (Lipinski definition) is 2. The van der Waals surface area contributed by atoms with E-state index in [4.69, 9.17) is 19.3 Å². The number of allylic oxidation sites excluding steroid dienone is 2. The third-order valence-electron chi connectivity index (χ3n) is 3.66. The highest BCUT2D eigenvalue weighted by Crippen LogP contribution is 2.26. The number of carbonyl (C=O) groups is 1. The molecule has 0 bridgehead atoms. The topological polar surface area (TPSA) is 85.2 Å². The van der Waals surface area contributed by atoms with E-state index in [1.165, 1.54) is 13.2 Å². The number of benzene rings is 1. The van der Waals surface area contributed by atoms with Crippen molar-refractivity contribution in [1.82, 2.24) is 0 Å². The first-order valence-electron chi connectivity index (χ1n) is 8.50. The predicted molar refractivity (Wildman–Crippen MR) is 98.9 cm³/mol. The van der Waals surface area contributed by atoms with E-state index in [1.807, 2.05) is 6.92 Å². The molecule has 2 atom stereocenters. The van der Waals surface area contributed by atoms with Gasteiger partial charge in [-0.05, 0) is 49.6 Å². The minimum absolute atomic E-state index is 0.0568. The largest absolute Gasteiger partial charge is 0.491 e. The SMILES string of the molecule is CCOC(=O)/C=C(C)/C=C(\C)[C@@H](OC)[C@H](O)c1ccc(OCCO)cc1. The molecule has 0 unspecified atom stereocenters. The van der Waals surface area contributed by atoms with Gasteiger partial charge in [0.25, 0.3) is 0 Å². The van der Waals surface area contributed by atoms with Crippen LogP contribution in [0.25, 0.3) is 0 Å². The lowest BCUT2D eigenvalue weighted by Gasteiger charge is -2.23. The van der Waals surface area contributed by atoms with Crippen molar-refractivity contribution in [2.24, 2.45) is 0 Å². The van der Waals surface area contributed by atoms with E-state index >= 15 is 0 Å². The van der Waals surface area contributed by atoms with E-state index in [9.17, 15) is 9.90 Å². The van der Waals surface area contributed by atoms with Gasteiger partial charge in [-0.1, -0.05) is 18.2 Å². The van der Waals surface area contributed by atoms with Crippen LogP contribution in [0, 0.1) is 0 Å². The summed E-state index contributed by atoms with van der Waals surface area (Å²) in [5, 5.41) is 19.4. The molecule has 1 aromatic rings. The Morgan fingerprint density at radius 2 is 1.85 bits per heavy atom. The van der Waals surface area contributed by atoms with Crippen molar-refractivity contribution in [1.29, 1.82) is 0 Å². The van der Waals surface area contributed by atoms with Gasteiger partial charge in [0.15, 0.2) is 0 Å². The van der Waals surface area contributed by atoms with Crippen molar-refractivity contribution >= 4 is 5.97 Å². The molecule has 1 rings (SSSR count). The van der Waals surface area contributed by atoms with Crippen LogP contribution >= 0.6 is 0 Å². The molecule has 0 saturated heterocycles. The van der Waals surface area contributed by atoms with E-state index in [0.717, 1.165) is 5.57 Å². The van der Waals surface area contributed by atoms with Crippen LogP contribution in [0.1, 0.15) is 32.4 Å². The van der Waals surface area contributed by atoms with E-state index in [1.54, 1.807) is 44.2 Å². The Labute approximate surface area is 154 Å². The summed E-state index contributed by atoms with van der Waals surface area (Å²) in [5.74, 6) is 0.214. The Bertz CT molecular complexity index is 618. The number of aliphatic hydroxyl groups is 2. The molecule has 6 nitrogen and oxygen atoms in total. The van der Waals surface area contributed by atoms with Crippen molar-refractivity contribution < 1.29 is 29.2 Å². The molecular weight excluding hydrogens is 336 g/mol. The lowest BCUT2D eigenvalue weighted by Crippen LogP contribution is -2.22. The minimum atomic E-state index is -0.876. The Morgan fingerprint density at radius 1 is 1.19 bits per heavy atom. The zero-order chi connectivity index (χ0) is 19.5. The summed E-state index contributed by atoms with van der Waals surface area (Å²) in [7, 11) is 1.52. The zero-order valence-corrected chi connectivity index (χ0v) is 15.8. The third-order valence-corrected chi connectivity index (χ3v) is 3.66. The van der Waals surface area contributed by atoms with Gasteiger partial charge < -0.3 is 24.4 Å². The number of hydrogen-bond acceptors (Lipinski definition) is 6. The first-order chi connectivity index (χ1) is 12.4. The van der Waals surface area contributed by atoms with Crippen LogP contribution in [0.3, 0.4) is 0 Å². The first-order valence-corrected chi connectivity index (χ1v) is 8.50. The second-order valence-electron chi connectivity index (χ2n) is 5.77. The molecule has 0 radical (unpaired) electrons. The fraction of sp³-hybridized carbons (Fsp3) is 0.450. The average Bonchev–Trinajstić information content (AvgIpc) is 2.60. The molecule has 0 heterocycles. The first kappa shape index (κ1) is 21.9. The highest BCUT2D eigenvalue weighted by atomic mass is 16.5. The number of aliphatic hydroxyl groups excluding tert-OH is 2. The molecule has 0 fully saturated rings. The summed E-state index contributed by atoms with van der Waals surface area (Å²) < 4.78 is 15.6. The number of methoxy groups -OCH3 is 1. The molecule has 0 aromatic heterocycles. The summed E-state index contributed by atoms with van der Waals surface area (Å²) in [6, 6.07) is 6.95. The molecule has 0 amide bonds. The predicted octanol–water partition coefficient (Wildman–Crippen LogP) is 2.56. The fourth-order valence-electron chi connectivity index (χ4n) is 2.52. The monoisotopic (exact) mass is 364 g/mol. The van der Waals surface area contributed by atoms with Crippen molar-refractivity contribution in [3.8, 4) is 5.75 Å². The van der Waals surface area contributed by atoms with Crippen LogP contribution in [0.4, 0.5) is 0 Å². The number of carbonyl (C=O) groups excluding carboxylic acids is 1. The normalized spacial score (nSPS) is 14.7. The average molecular weight is 364 g/mol. The fourth-order valence-corrected chi connectivity index (χ4v) is 2.52. The van der Waals surface area contributed by atoms with Crippen LogP contribution in [-0.2, 0) is 14.3 Å². The highest BCUT2D eigenvalue weighted by molar-refractivity contribution is 5.83. The van der Waals surface area contributed by atoms with Crippen molar-refractivity contribution in [2.75, 3.05) is 26.9 Å². The molecule has 0 saturated carbocycles. The summed E-state index contributed by atoms with van der Waals surface area (Å²) in [6.45, 7) is 5.85. The summed E-state index contributed by atoms with van der Waals surface area (Å²) in [6.07, 6.45) is 1.75. The molecule has 0 aliphatic heterocycles. The van der Waals surface area contributed by atoms with Crippen molar-refractivity contribution in [3.63, 3.8) is 0 Å². The summed E-state index contributed by atoms with van der Waals surface area (Å²) in [4.78, 5) is 11.5. The van der Waals surface area contributed by atoms with Gasteiger partial charge in [0, 0.05) is 13.2 Å². The number of ether oxygens (including phenoxy) is 3. The molecular formula is C20H28O6. The Morgan fingerprint density at radius 3 is 2.38 bits per heavy atom. The lowest BCUT2D eigenvalue weighted by atomic mass is 9.97. The highest BCUT2D eigenvalue weighted by Gasteiger charge is 2.22. The Kier molecular flexibility index (Phi) is 9.65. The summed E-state index contributed by atoms with van der Waals surface area (Å²) >= 11 is 0. The standard InChI is InChI=1S/C20H28O6/c1-5-25-18(22)13-14(2)12-15(3)20(24-4)19(23)16-6-8-17(9-7-16)26-11-10-21/h6-9,12-13,19-21,23H,5,10-11H2,1-4H3/b14-13+,15-12+/t19-,20-/m1/s1. The van der Waals surface area contributed by atoms with Crippen molar-refractivity contribution in [3.05, 3.63) is 53.1 Å². The lowest BCUT2D eigenvalue weighted by molar-refractivity contribution is -0.137. The van der Waals surface area contributed by atoms with Gasteiger partial charge in [-0.2, -0.15) is 0 Å². The minimum Gasteiger partial charge on any atom is -0.491 e. The smallest absolute Gasteiger partial charge is 0.330 e. The van der Waals surface area contributed by atoms with Gasteiger partial charge in [0.2, 0.25) is 0 Å². The molecule has 1 aromatic carbocycles. The maximum absolute atomic E-state index is 11.5. The zero-order valence-electron chi connectivity index (χ0n) is 15.8. The molecule has 6 heteroatoms. The van der Waals surface area contributed by atoms with Gasteiger partial charge >= 0.3 is 5.97 Å². The molecule has 2 N–H and O–H groups in total. The van der Waals surface area contributed by atoms with Crippen LogP contribution < -0.4 is 4.74 Å². The van der Waals surface area contributed by atoms with E-state index in [-0.39, 0.29) is 13.2 Å². The van der Waals surface area contributed by atoms with Crippen molar-refractivity contribution in [2.45, 2.75) is 33.0 Å². The summed E-state index contributed by atoms with van der Waals surface area (Å²) in [5.41, 5.74) is 2.16. The van der Waals surface area contributed by atoms with Crippen LogP contribution in [0.15, 0.2) is 47.6 Å². The van der Waals surface area contributed by atoms with Gasteiger partial charge in [0.1, 0.15) is 24.6 Å². The number of rotatable bonds is 10. The van der Waals surface area contributed by atoms with E-state index in [0.29, 0.717) is 23.5 Å². The number of esters is 1. The van der Waals surface area contributed by atoms with Gasteiger partial charge in [-0.15, -0.1) is 0 Å². The molecule has 26 heavy (non-hydrogen) atoms. The van der Waals surface area contributed by atoms with Gasteiger partial charge in [-0.3, -0.25) is 0 Å². The molecule has 0 aliphatic rings. The van der Waals surface area contributed by atoms with E-state index in [2.05, 4.69) is 0 Å². The van der Waals surface area contributed by atoms with Crippen LogP contribution in [0.2, 0.25) is 0 Å². The molecule has 0 spiro atoms. The van der Waals surface area contributed by atoms with Crippen LogP contribution in [-0.4, -0.2) is 49.2 Å². The second-order valence-corrected chi connectivity index (χ2v) is 5.77. The quantitative estimate of drug-likeness (QED) is 0.377.